The predicted molar refractivity (Wildman–Crippen MR) is 77.5 cm³/mol. The number of nitrogens with one attached hydrogen (secondary N) is 1. The van der Waals surface area contributed by atoms with Gasteiger partial charge in [0.15, 0.2) is 0 Å². The molecule has 1 saturated carbocycles. The molecule has 0 bridgehead atoms. The van der Waals surface area contributed by atoms with Gasteiger partial charge in [-0.05, 0) is 31.0 Å². The van der Waals surface area contributed by atoms with Crippen molar-refractivity contribution in [2.75, 3.05) is 0 Å². The quantitative estimate of drug-likeness (QED) is 0.894. The molecule has 1 aromatic heterocycles. The zero-order valence-corrected chi connectivity index (χ0v) is 11.8. The summed E-state index contributed by atoms with van der Waals surface area (Å²) in [4.78, 5) is 12.7. The second kappa shape index (κ2) is 5.50. The summed E-state index contributed by atoms with van der Waals surface area (Å²) in [5, 5.41) is 13.2. The molecule has 1 fully saturated rings. The molecule has 0 aliphatic heterocycles. The highest BCUT2D eigenvalue weighted by Crippen LogP contribution is 2.28. The number of thiophene rings is 1. The van der Waals surface area contributed by atoms with Gasteiger partial charge in [0.1, 0.15) is 5.82 Å². The Morgan fingerprint density at radius 1 is 1.35 bits per heavy atom. The van der Waals surface area contributed by atoms with E-state index in [1.807, 2.05) is 0 Å². The first-order chi connectivity index (χ1) is 9.65. The van der Waals surface area contributed by atoms with Crippen LogP contribution in [0, 0.1) is 5.82 Å². The molecule has 3 rings (SSSR count). The number of carbonyl (C=O) groups excluding carboxylic acids is 1. The van der Waals surface area contributed by atoms with Crippen molar-refractivity contribution in [3.8, 4) is 0 Å². The average Bonchev–Trinajstić information content (AvgIpc) is 2.87. The molecule has 1 aromatic carbocycles. The molecule has 1 aliphatic rings. The highest BCUT2D eigenvalue weighted by molar-refractivity contribution is 7.20. The van der Waals surface area contributed by atoms with Crippen LogP contribution in [0.3, 0.4) is 0 Å². The summed E-state index contributed by atoms with van der Waals surface area (Å²) >= 11 is 1.28. The van der Waals surface area contributed by atoms with Gasteiger partial charge in [-0.3, -0.25) is 4.79 Å². The molecule has 2 aromatic rings. The first-order valence-electron chi connectivity index (χ1n) is 6.82. The summed E-state index contributed by atoms with van der Waals surface area (Å²) in [5.74, 6) is -0.535. The van der Waals surface area contributed by atoms with Crippen molar-refractivity contribution in [2.45, 2.75) is 37.8 Å². The Kier molecular flexibility index (Phi) is 3.72. The van der Waals surface area contributed by atoms with Crippen molar-refractivity contribution in [3.05, 3.63) is 35.0 Å². The van der Waals surface area contributed by atoms with Crippen LogP contribution >= 0.6 is 11.3 Å². The Hall–Kier alpha value is -1.46. The van der Waals surface area contributed by atoms with Crippen LogP contribution in [0.25, 0.3) is 10.1 Å². The Labute approximate surface area is 120 Å². The maximum Gasteiger partial charge on any atom is 0.261 e. The molecule has 0 unspecified atom stereocenters. The number of aliphatic hydroxyl groups is 1. The zero-order valence-electron chi connectivity index (χ0n) is 10.9. The van der Waals surface area contributed by atoms with Crippen LogP contribution in [-0.2, 0) is 0 Å². The van der Waals surface area contributed by atoms with E-state index in [4.69, 9.17) is 0 Å². The number of benzene rings is 1. The highest BCUT2D eigenvalue weighted by Gasteiger charge is 2.25. The topological polar surface area (TPSA) is 49.3 Å². The van der Waals surface area contributed by atoms with Crippen molar-refractivity contribution in [2.24, 2.45) is 0 Å². The lowest BCUT2D eigenvalue weighted by Crippen LogP contribution is -2.44. The summed E-state index contributed by atoms with van der Waals surface area (Å²) in [6, 6.07) is 6.23. The molecule has 20 heavy (non-hydrogen) atoms. The molecule has 1 aliphatic carbocycles. The van der Waals surface area contributed by atoms with E-state index >= 15 is 0 Å². The molecular weight excluding hydrogens is 277 g/mol. The monoisotopic (exact) mass is 293 g/mol. The summed E-state index contributed by atoms with van der Waals surface area (Å²) in [5.41, 5.74) is 0. The number of amides is 1. The lowest BCUT2D eigenvalue weighted by Gasteiger charge is -2.28. The molecule has 2 atom stereocenters. The molecule has 0 saturated heterocycles. The van der Waals surface area contributed by atoms with E-state index < -0.39 is 6.10 Å². The Morgan fingerprint density at radius 2 is 2.15 bits per heavy atom. The van der Waals surface area contributed by atoms with Gasteiger partial charge in [0.2, 0.25) is 0 Å². The first-order valence-corrected chi connectivity index (χ1v) is 7.64. The predicted octanol–water partition coefficient (Wildman–Crippen LogP) is 3.07. The van der Waals surface area contributed by atoms with Crippen LogP contribution in [0.5, 0.6) is 0 Å². The average molecular weight is 293 g/mol. The Balaban J connectivity index is 1.80. The van der Waals surface area contributed by atoms with Crippen LogP contribution in [0.2, 0.25) is 0 Å². The van der Waals surface area contributed by atoms with E-state index in [2.05, 4.69) is 5.32 Å². The van der Waals surface area contributed by atoms with E-state index in [0.29, 0.717) is 10.3 Å². The minimum atomic E-state index is -0.473. The smallest absolute Gasteiger partial charge is 0.261 e. The summed E-state index contributed by atoms with van der Waals surface area (Å²) in [6.45, 7) is 0. The van der Waals surface area contributed by atoms with Crippen molar-refractivity contribution < 1.29 is 14.3 Å². The molecule has 5 heteroatoms. The van der Waals surface area contributed by atoms with Crippen molar-refractivity contribution in [1.29, 1.82) is 0 Å². The SMILES string of the molecule is O=C(N[C@@H]1CCCC[C@H]1O)c1cc2c(F)cccc2s1. The van der Waals surface area contributed by atoms with Gasteiger partial charge in [-0.25, -0.2) is 4.39 Å². The van der Waals surface area contributed by atoms with E-state index in [-0.39, 0.29) is 17.8 Å². The maximum absolute atomic E-state index is 13.6. The number of carbonyl (C=O) groups is 1. The van der Waals surface area contributed by atoms with Gasteiger partial charge in [0.05, 0.1) is 17.0 Å². The second-order valence-electron chi connectivity index (χ2n) is 5.19. The van der Waals surface area contributed by atoms with E-state index in [0.717, 1.165) is 30.4 Å². The number of rotatable bonds is 2. The largest absolute Gasteiger partial charge is 0.391 e. The molecule has 0 spiro atoms. The highest BCUT2D eigenvalue weighted by atomic mass is 32.1. The molecule has 106 valence electrons. The maximum atomic E-state index is 13.6. The second-order valence-corrected chi connectivity index (χ2v) is 6.28. The van der Waals surface area contributed by atoms with Gasteiger partial charge < -0.3 is 10.4 Å². The van der Waals surface area contributed by atoms with Crippen molar-refractivity contribution >= 4 is 27.3 Å². The van der Waals surface area contributed by atoms with Crippen LogP contribution in [0.4, 0.5) is 4.39 Å². The van der Waals surface area contributed by atoms with Crippen LogP contribution in [0.1, 0.15) is 35.4 Å². The van der Waals surface area contributed by atoms with Gasteiger partial charge in [-0.2, -0.15) is 0 Å². The molecule has 1 amide bonds. The first kappa shape index (κ1) is 13.5. The zero-order chi connectivity index (χ0) is 14.1. The molecule has 3 nitrogen and oxygen atoms in total. The van der Waals surface area contributed by atoms with E-state index in [1.165, 1.54) is 17.4 Å². The third-order valence-electron chi connectivity index (χ3n) is 3.78. The molecule has 1 heterocycles. The van der Waals surface area contributed by atoms with Gasteiger partial charge in [-0.15, -0.1) is 11.3 Å². The van der Waals surface area contributed by atoms with Gasteiger partial charge >= 0.3 is 0 Å². The Morgan fingerprint density at radius 3 is 2.90 bits per heavy atom. The Bertz CT molecular complexity index is 640. The number of halogens is 1. The van der Waals surface area contributed by atoms with Crippen LogP contribution in [-0.4, -0.2) is 23.2 Å². The summed E-state index contributed by atoms with van der Waals surface area (Å²) < 4.78 is 14.4. The molecular formula is C15H16FNO2S. The fourth-order valence-electron chi connectivity index (χ4n) is 2.66. The fraction of sp³-hybridized carbons (Fsp3) is 0.400. The van der Waals surface area contributed by atoms with Gasteiger partial charge in [0.25, 0.3) is 5.91 Å². The van der Waals surface area contributed by atoms with E-state index in [1.54, 1.807) is 18.2 Å². The third-order valence-corrected chi connectivity index (χ3v) is 4.88. The van der Waals surface area contributed by atoms with Crippen LogP contribution in [0.15, 0.2) is 24.3 Å². The van der Waals surface area contributed by atoms with Crippen LogP contribution < -0.4 is 5.32 Å². The number of hydrogen-bond acceptors (Lipinski definition) is 3. The van der Waals surface area contributed by atoms with Crippen molar-refractivity contribution in [1.82, 2.24) is 5.32 Å². The summed E-state index contributed by atoms with van der Waals surface area (Å²) in [7, 11) is 0. The van der Waals surface area contributed by atoms with E-state index in [9.17, 15) is 14.3 Å². The normalized spacial score (nSPS) is 22.9. The minimum absolute atomic E-state index is 0.189. The number of fused-ring (bicyclic) bond motifs is 1. The third kappa shape index (κ3) is 2.55. The number of aliphatic hydroxyl groups excluding tert-OH is 1. The fourth-order valence-corrected chi connectivity index (χ4v) is 3.63. The summed E-state index contributed by atoms with van der Waals surface area (Å²) in [6.07, 6.45) is 3.07. The van der Waals surface area contributed by atoms with Gasteiger partial charge in [-0.1, -0.05) is 18.9 Å². The number of hydrogen-bond donors (Lipinski definition) is 2. The molecule has 2 N–H and O–H groups in total. The standard InChI is InChI=1S/C15H16FNO2S/c16-10-4-3-7-13-9(10)8-14(20-13)15(19)17-11-5-1-2-6-12(11)18/h3-4,7-8,11-12,18H,1-2,5-6H2,(H,17,19)/t11-,12-/m1/s1. The minimum Gasteiger partial charge on any atom is -0.391 e. The molecule has 0 radical (unpaired) electrons. The van der Waals surface area contributed by atoms with Crippen molar-refractivity contribution in [3.63, 3.8) is 0 Å². The lowest BCUT2D eigenvalue weighted by atomic mass is 9.92. The van der Waals surface area contributed by atoms with Gasteiger partial charge in [0, 0.05) is 10.1 Å². The lowest BCUT2D eigenvalue weighted by molar-refractivity contribution is 0.0720.